The third-order valence-electron chi connectivity index (χ3n) is 3.63. The lowest BCUT2D eigenvalue weighted by atomic mass is 10.2. The van der Waals surface area contributed by atoms with Crippen molar-refractivity contribution in [3.63, 3.8) is 0 Å². The van der Waals surface area contributed by atoms with Gasteiger partial charge in [-0.05, 0) is 33.3 Å². The SMILES string of the molecule is CC(C)(C)OC(=O)N1CCC(Sc2nc3cc([N+](=O)[O-])ccc3s2)C1. The van der Waals surface area contributed by atoms with Crippen molar-refractivity contribution in [2.45, 2.75) is 42.4 Å². The third-order valence-corrected chi connectivity index (χ3v) is 6.01. The van der Waals surface area contributed by atoms with Crippen LogP contribution in [0.15, 0.2) is 22.5 Å². The highest BCUT2D eigenvalue weighted by Gasteiger charge is 2.30. The summed E-state index contributed by atoms with van der Waals surface area (Å²) in [6.45, 7) is 6.85. The fourth-order valence-corrected chi connectivity index (χ4v) is 4.98. The molecule has 1 aromatic carbocycles. The molecule has 2 heterocycles. The molecule has 1 unspecified atom stereocenters. The summed E-state index contributed by atoms with van der Waals surface area (Å²) >= 11 is 3.14. The number of carbonyl (C=O) groups is 1. The minimum atomic E-state index is -0.496. The fourth-order valence-electron chi connectivity index (χ4n) is 2.52. The largest absolute Gasteiger partial charge is 0.444 e. The first-order valence-corrected chi connectivity index (χ1v) is 9.60. The summed E-state index contributed by atoms with van der Waals surface area (Å²) in [6.07, 6.45) is 0.593. The molecule has 25 heavy (non-hydrogen) atoms. The smallest absolute Gasteiger partial charge is 0.410 e. The number of benzene rings is 1. The molecule has 0 bridgehead atoms. The van der Waals surface area contributed by atoms with Crippen LogP contribution in [0.25, 0.3) is 10.2 Å². The van der Waals surface area contributed by atoms with E-state index in [2.05, 4.69) is 4.98 Å². The predicted molar refractivity (Wildman–Crippen MR) is 98.3 cm³/mol. The van der Waals surface area contributed by atoms with Crippen LogP contribution in [0.1, 0.15) is 27.2 Å². The number of thioether (sulfide) groups is 1. The maximum absolute atomic E-state index is 12.1. The Kier molecular flexibility index (Phi) is 4.88. The van der Waals surface area contributed by atoms with E-state index >= 15 is 0 Å². The Labute approximate surface area is 153 Å². The number of nitrogens with zero attached hydrogens (tertiary/aromatic N) is 3. The van der Waals surface area contributed by atoms with Gasteiger partial charge in [0.2, 0.25) is 0 Å². The molecule has 1 aliphatic rings. The number of hydrogen-bond donors (Lipinski definition) is 0. The summed E-state index contributed by atoms with van der Waals surface area (Å²) in [4.78, 5) is 28.8. The van der Waals surface area contributed by atoms with Gasteiger partial charge in [-0.15, -0.1) is 11.3 Å². The first-order valence-electron chi connectivity index (χ1n) is 7.91. The number of thiazole rings is 1. The van der Waals surface area contributed by atoms with Gasteiger partial charge in [0.25, 0.3) is 5.69 Å². The minimum absolute atomic E-state index is 0.0475. The summed E-state index contributed by atoms with van der Waals surface area (Å²) in [7, 11) is 0. The van der Waals surface area contributed by atoms with Gasteiger partial charge in [0.1, 0.15) is 5.60 Å². The average Bonchev–Trinajstić information content (AvgIpc) is 3.11. The topological polar surface area (TPSA) is 85.6 Å². The van der Waals surface area contributed by atoms with Gasteiger partial charge in [0.15, 0.2) is 4.34 Å². The summed E-state index contributed by atoms with van der Waals surface area (Å²) in [6, 6.07) is 4.73. The molecule has 0 aliphatic carbocycles. The molecule has 0 saturated carbocycles. The molecule has 1 atom stereocenters. The molecule has 1 aliphatic heterocycles. The molecule has 134 valence electrons. The average molecular weight is 381 g/mol. The van der Waals surface area contributed by atoms with E-state index in [1.165, 1.54) is 23.5 Å². The van der Waals surface area contributed by atoms with Crippen molar-refractivity contribution in [2.75, 3.05) is 13.1 Å². The van der Waals surface area contributed by atoms with Gasteiger partial charge in [-0.25, -0.2) is 9.78 Å². The maximum Gasteiger partial charge on any atom is 0.410 e. The Morgan fingerprint density at radius 2 is 2.24 bits per heavy atom. The normalized spacial score (nSPS) is 17.9. The van der Waals surface area contributed by atoms with E-state index in [0.717, 1.165) is 15.5 Å². The van der Waals surface area contributed by atoms with Crippen molar-refractivity contribution >= 4 is 45.1 Å². The number of ether oxygens (including phenoxy) is 1. The van der Waals surface area contributed by atoms with Crippen LogP contribution in [-0.2, 0) is 4.74 Å². The number of non-ortho nitro benzene ring substituents is 1. The van der Waals surface area contributed by atoms with Crippen LogP contribution in [0.3, 0.4) is 0 Å². The van der Waals surface area contributed by atoms with Gasteiger partial charge in [0, 0.05) is 30.5 Å². The van der Waals surface area contributed by atoms with Crippen molar-refractivity contribution in [2.24, 2.45) is 0 Å². The van der Waals surface area contributed by atoms with Crippen LogP contribution in [0, 0.1) is 10.1 Å². The van der Waals surface area contributed by atoms with Crippen molar-refractivity contribution in [1.82, 2.24) is 9.88 Å². The number of aromatic nitrogens is 1. The first-order chi connectivity index (χ1) is 11.7. The quantitative estimate of drug-likeness (QED) is 0.582. The van der Waals surface area contributed by atoms with Gasteiger partial charge in [-0.2, -0.15) is 0 Å². The lowest BCUT2D eigenvalue weighted by Gasteiger charge is -2.24. The van der Waals surface area contributed by atoms with Gasteiger partial charge in [-0.3, -0.25) is 10.1 Å². The molecule has 1 fully saturated rings. The lowest BCUT2D eigenvalue weighted by Crippen LogP contribution is -2.35. The number of amides is 1. The standard InChI is InChI=1S/C16H19N3O4S2/c1-16(2,3)23-15(20)18-7-6-11(9-18)24-14-17-12-8-10(19(21)22)4-5-13(12)25-14/h4-5,8,11H,6-7,9H2,1-3H3. The molecule has 3 rings (SSSR count). The number of hydrogen-bond acceptors (Lipinski definition) is 7. The minimum Gasteiger partial charge on any atom is -0.444 e. The predicted octanol–water partition coefficient (Wildman–Crippen LogP) is 4.31. The van der Waals surface area contributed by atoms with Crippen molar-refractivity contribution in [3.8, 4) is 0 Å². The zero-order chi connectivity index (χ0) is 18.2. The lowest BCUT2D eigenvalue weighted by molar-refractivity contribution is -0.384. The van der Waals surface area contributed by atoms with E-state index in [1.54, 1.807) is 22.7 Å². The maximum atomic E-state index is 12.1. The van der Waals surface area contributed by atoms with Gasteiger partial charge < -0.3 is 9.64 Å². The number of nitro benzene ring substituents is 1. The van der Waals surface area contributed by atoms with Crippen LogP contribution in [-0.4, -0.2) is 44.8 Å². The third kappa shape index (κ3) is 4.40. The van der Waals surface area contributed by atoms with Crippen molar-refractivity contribution in [1.29, 1.82) is 0 Å². The molecule has 0 N–H and O–H groups in total. The summed E-state index contributed by atoms with van der Waals surface area (Å²) in [5.74, 6) is 0. The monoisotopic (exact) mass is 381 g/mol. The van der Waals surface area contributed by atoms with E-state index in [0.29, 0.717) is 18.6 Å². The van der Waals surface area contributed by atoms with Gasteiger partial charge in [-0.1, -0.05) is 11.8 Å². The molecule has 1 aromatic heterocycles. The Hall–Kier alpha value is -1.87. The number of nitro groups is 1. The number of rotatable bonds is 3. The molecule has 0 spiro atoms. The molecular formula is C16H19N3O4S2. The van der Waals surface area contributed by atoms with E-state index in [1.807, 2.05) is 20.8 Å². The Bertz CT molecular complexity index is 815. The zero-order valence-corrected chi connectivity index (χ0v) is 15.9. The van der Waals surface area contributed by atoms with Gasteiger partial charge >= 0.3 is 6.09 Å². The Balaban J connectivity index is 1.64. The number of likely N-dealkylation sites (tertiary alicyclic amines) is 1. The number of carbonyl (C=O) groups excluding carboxylic acids is 1. The summed E-state index contributed by atoms with van der Waals surface area (Å²) < 4.78 is 7.20. The Morgan fingerprint density at radius 3 is 2.92 bits per heavy atom. The fraction of sp³-hybridized carbons (Fsp3) is 0.500. The Morgan fingerprint density at radius 1 is 1.48 bits per heavy atom. The van der Waals surface area contributed by atoms with E-state index in [9.17, 15) is 14.9 Å². The van der Waals surface area contributed by atoms with Crippen LogP contribution >= 0.6 is 23.1 Å². The molecule has 7 nitrogen and oxygen atoms in total. The summed E-state index contributed by atoms with van der Waals surface area (Å²) in [5, 5.41) is 11.1. The summed E-state index contributed by atoms with van der Waals surface area (Å²) in [5.41, 5.74) is 0.194. The molecule has 9 heteroatoms. The van der Waals surface area contributed by atoms with Crippen LogP contribution in [0.4, 0.5) is 10.5 Å². The van der Waals surface area contributed by atoms with E-state index in [4.69, 9.17) is 4.74 Å². The van der Waals surface area contributed by atoms with Crippen molar-refractivity contribution < 1.29 is 14.5 Å². The second-order valence-corrected chi connectivity index (χ2v) is 9.42. The molecule has 1 amide bonds. The van der Waals surface area contributed by atoms with Crippen LogP contribution in [0.5, 0.6) is 0 Å². The second kappa shape index (κ2) is 6.80. The number of fused-ring (bicyclic) bond motifs is 1. The molecule has 1 saturated heterocycles. The highest BCUT2D eigenvalue weighted by atomic mass is 32.2. The van der Waals surface area contributed by atoms with Crippen LogP contribution < -0.4 is 0 Å². The van der Waals surface area contributed by atoms with Gasteiger partial charge in [0.05, 0.1) is 15.1 Å². The highest BCUT2D eigenvalue weighted by Crippen LogP contribution is 2.36. The first kappa shape index (κ1) is 17.9. The van der Waals surface area contributed by atoms with E-state index < -0.39 is 10.5 Å². The van der Waals surface area contributed by atoms with Crippen molar-refractivity contribution in [3.05, 3.63) is 28.3 Å². The van der Waals surface area contributed by atoms with E-state index in [-0.39, 0.29) is 17.0 Å². The molecule has 2 aromatic rings. The van der Waals surface area contributed by atoms with Crippen LogP contribution in [0.2, 0.25) is 0 Å². The molecular weight excluding hydrogens is 362 g/mol. The molecule has 0 radical (unpaired) electrons. The second-order valence-electron chi connectivity index (χ2n) is 6.84. The zero-order valence-electron chi connectivity index (χ0n) is 14.2. The highest BCUT2D eigenvalue weighted by molar-refractivity contribution is 8.01.